The first-order chi connectivity index (χ1) is 9.76. The number of nitriles is 1. The lowest BCUT2D eigenvalue weighted by atomic mass is 9.95. The molecule has 1 aliphatic rings. The molecular formula is C14H19F3N4. The van der Waals surface area contributed by atoms with Gasteiger partial charge < -0.3 is 0 Å². The monoisotopic (exact) mass is 300 g/mol. The SMILES string of the molecule is CC(C)c1cnn(C2(CC#N)CCN(CC(F)(F)F)C2)c1. The van der Waals surface area contributed by atoms with Crippen molar-refractivity contribution in [1.29, 1.82) is 5.26 Å². The maximum atomic E-state index is 12.5. The molecule has 1 fully saturated rings. The average molecular weight is 300 g/mol. The molecule has 7 heteroatoms. The predicted octanol–water partition coefficient (Wildman–Crippen LogP) is 2.88. The van der Waals surface area contributed by atoms with Crippen LogP contribution in [0.25, 0.3) is 0 Å². The first kappa shape index (κ1) is 15.8. The van der Waals surface area contributed by atoms with Crippen molar-refractivity contribution in [3.8, 4) is 6.07 Å². The lowest BCUT2D eigenvalue weighted by molar-refractivity contribution is -0.144. The highest BCUT2D eigenvalue weighted by atomic mass is 19.4. The first-order valence-corrected chi connectivity index (χ1v) is 6.97. The van der Waals surface area contributed by atoms with Crippen LogP contribution in [0.4, 0.5) is 13.2 Å². The van der Waals surface area contributed by atoms with Crippen LogP contribution >= 0.6 is 0 Å². The first-order valence-electron chi connectivity index (χ1n) is 6.97. The fraction of sp³-hybridized carbons (Fsp3) is 0.714. The van der Waals surface area contributed by atoms with Gasteiger partial charge >= 0.3 is 6.18 Å². The summed E-state index contributed by atoms with van der Waals surface area (Å²) in [5, 5.41) is 13.4. The van der Waals surface area contributed by atoms with Crippen LogP contribution in [-0.4, -0.2) is 40.5 Å². The van der Waals surface area contributed by atoms with Gasteiger partial charge in [-0.05, 0) is 17.9 Å². The summed E-state index contributed by atoms with van der Waals surface area (Å²) >= 11 is 0. The number of likely N-dealkylation sites (tertiary alicyclic amines) is 1. The minimum absolute atomic E-state index is 0.167. The van der Waals surface area contributed by atoms with E-state index in [0.717, 1.165) is 5.56 Å². The maximum absolute atomic E-state index is 12.5. The molecule has 1 aliphatic heterocycles. The summed E-state index contributed by atoms with van der Waals surface area (Å²) in [5.41, 5.74) is 0.384. The second-order valence-corrected chi connectivity index (χ2v) is 6.01. The number of alkyl halides is 3. The molecule has 0 bridgehead atoms. The maximum Gasteiger partial charge on any atom is 0.401 e. The van der Waals surface area contributed by atoms with Gasteiger partial charge in [0.1, 0.15) is 0 Å². The zero-order chi connectivity index (χ0) is 15.7. The van der Waals surface area contributed by atoms with Crippen LogP contribution < -0.4 is 0 Å². The molecule has 116 valence electrons. The van der Waals surface area contributed by atoms with Crippen LogP contribution in [0.1, 0.15) is 38.2 Å². The molecule has 4 nitrogen and oxygen atoms in total. The van der Waals surface area contributed by atoms with Crippen LogP contribution in [-0.2, 0) is 5.54 Å². The predicted molar refractivity (Wildman–Crippen MR) is 71.6 cm³/mol. The third-order valence-electron chi connectivity index (χ3n) is 3.98. The molecule has 1 saturated heterocycles. The number of rotatable bonds is 4. The van der Waals surface area contributed by atoms with Crippen LogP contribution in [0.5, 0.6) is 0 Å². The Labute approximate surface area is 122 Å². The second kappa shape index (κ2) is 5.68. The van der Waals surface area contributed by atoms with Gasteiger partial charge in [0.15, 0.2) is 0 Å². The highest BCUT2D eigenvalue weighted by molar-refractivity contribution is 5.12. The van der Waals surface area contributed by atoms with Crippen molar-refractivity contribution in [1.82, 2.24) is 14.7 Å². The third-order valence-corrected chi connectivity index (χ3v) is 3.98. The molecule has 1 aromatic heterocycles. The van der Waals surface area contributed by atoms with E-state index in [1.807, 2.05) is 20.0 Å². The molecule has 0 aliphatic carbocycles. The van der Waals surface area contributed by atoms with Gasteiger partial charge in [0.05, 0.1) is 30.8 Å². The quantitative estimate of drug-likeness (QED) is 0.859. The fourth-order valence-corrected chi connectivity index (χ4v) is 2.78. The molecule has 1 aromatic rings. The summed E-state index contributed by atoms with van der Waals surface area (Å²) in [6.45, 7) is 3.67. The summed E-state index contributed by atoms with van der Waals surface area (Å²) in [6, 6.07) is 2.10. The second-order valence-electron chi connectivity index (χ2n) is 6.01. The summed E-state index contributed by atoms with van der Waals surface area (Å²) in [6.07, 6.45) is 0.0572. The molecule has 0 saturated carbocycles. The van der Waals surface area contributed by atoms with E-state index in [2.05, 4.69) is 11.2 Å². The number of nitrogens with zero attached hydrogens (tertiary/aromatic N) is 4. The molecule has 0 aromatic carbocycles. The third kappa shape index (κ3) is 3.56. The Morgan fingerprint density at radius 2 is 2.19 bits per heavy atom. The van der Waals surface area contributed by atoms with Crippen molar-refractivity contribution >= 4 is 0 Å². The minimum atomic E-state index is -4.21. The van der Waals surface area contributed by atoms with Crippen molar-refractivity contribution in [3.05, 3.63) is 18.0 Å². The summed E-state index contributed by atoms with van der Waals surface area (Å²) < 4.78 is 39.3. The molecule has 0 N–H and O–H groups in total. The van der Waals surface area contributed by atoms with Crippen molar-refractivity contribution in [2.75, 3.05) is 19.6 Å². The van der Waals surface area contributed by atoms with Gasteiger partial charge in [0.25, 0.3) is 0 Å². The lowest BCUT2D eigenvalue weighted by Crippen LogP contribution is -2.40. The normalized spacial score (nSPS) is 23.7. The van der Waals surface area contributed by atoms with Crippen LogP contribution in [0.2, 0.25) is 0 Å². The summed E-state index contributed by atoms with van der Waals surface area (Å²) in [7, 11) is 0. The molecule has 0 spiro atoms. The fourth-order valence-electron chi connectivity index (χ4n) is 2.78. The van der Waals surface area contributed by atoms with Crippen molar-refractivity contribution in [2.24, 2.45) is 0 Å². The minimum Gasteiger partial charge on any atom is -0.292 e. The van der Waals surface area contributed by atoms with E-state index in [1.54, 1.807) is 10.9 Å². The number of halogens is 3. The smallest absolute Gasteiger partial charge is 0.292 e. The topological polar surface area (TPSA) is 44.9 Å². The summed E-state index contributed by atoms with van der Waals surface area (Å²) in [5.74, 6) is 0.297. The van der Waals surface area contributed by atoms with E-state index in [-0.39, 0.29) is 13.0 Å². The van der Waals surface area contributed by atoms with Crippen molar-refractivity contribution in [3.63, 3.8) is 0 Å². The number of hydrogen-bond donors (Lipinski definition) is 0. The van der Waals surface area contributed by atoms with Gasteiger partial charge in [-0.15, -0.1) is 0 Å². The van der Waals surface area contributed by atoms with Gasteiger partial charge in [-0.1, -0.05) is 13.8 Å². The van der Waals surface area contributed by atoms with E-state index >= 15 is 0 Å². The van der Waals surface area contributed by atoms with Crippen LogP contribution in [0.3, 0.4) is 0 Å². The van der Waals surface area contributed by atoms with Gasteiger partial charge in [0.2, 0.25) is 0 Å². The van der Waals surface area contributed by atoms with Crippen molar-refractivity contribution < 1.29 is 13.2 Å². The Hall–Kier alpha value is -1.55. The Morgan fingerprint density at radius 3 is 2.71 bits per heavy atom. The van der Waals surface area contributed by atoms with E-state index < -0.39 is 18.3 Å². The Kier molecular flexibility index (Phi) is 4.28. The molecular weight excluding hydrogens is 281 g/mol. The number of hydrogen-bond acceptors (Lipinski definition) is 3. The number of aromatic nitrogens is 2. The largest absolute Gasteiger partial charge is 0.401 e. The lowest BCUT2D eigenvalue weighted by Gasteiger charge is -2.28. The molecule has 2 heterocycles. The molecule has 0 radical (unpaired) electrons. The molecule has 0 amide bonds. The molecule has 1 atom stereocenters. The van der Waals surface area contributed by atoms with Gasteiger partial charge in [0, 0.05) is 19.3 Å². The standard InChI is InChI=1S/C14H19F3N4/c1-11(2)12-7-19-21(8-12)13(3-5-18)4-6-20(9-13)10-14(15,16)17/h7-8,11H,3-4,6,9-10H2,1-2H3. The Morgan fingerprint density at radius 1 is 1.48 bits per heavy atom. The van der Waals surface area contributed by atoms with E-state index in [1.165, 1.54) is 4.90 Å². The zero-order valence-corrected chi connectivity index (χ0v) is 12.2. The van der Waals surface area contributed by atoms with E-state index in [4.69, 9.17) is 5.26 Å². The Bertz CT molecular complexity index is 529. The van der Waals surface area contributed by atoms with Gasteiger partial charge in [-0.2, -0.15) is 23.5 Å². The average Bonchev–Trinajstić information content (AvgIpc) is 2.95. The molecule has 1 unspecified atom stereocenters. The van der Waals surface area contributed by atoms with Gasteiger partial charge in [-0.3, -0.25) is 9.58 Å². The van der Waals surface area contributed by atoms with Crippen LogP contribution in [0.15, 0.2) is 12.4 Å². The van der Waals surface area contributed by atoms with Gasteiger partial charge in [-0.25, -0.2) is 0 Å². The molecule has 2 rings (SSSR count). The highest BCUT2D eigenvalue weighted by Crippen LogP contribution is 2.34. The molecule has 21 heavy (non-hydrogen) atoms. The Balaban J connectivity index is 2.20. The van der Waals surface area contributed by atoms with E-state index in [9.17, 15) is 13.2 Å². The zero-order valence-electron chi connectivity index (χ0n) is 12.2. The van der Waals surface area contributed by atoms with Crippen molar-refractivity contribution in [2.45, 2.75) is 44.3 Å². The van der Waals surface area contributed by atoms with E-state index in [0.29, 0.717) is 18.9 Å². The van der Waals surface area contributed by atoms with Crippen LogP contribution in [0, 0.1) is 11.3 Å². The highest BCUT2D eigenvalue weighted by Gasteiger charge is 2.43. The summed E-state index contributed by atoms with van der Waals surface area (Å²) in [4.78, 5) is 1.36.